The smallest absolute Gasteiger partial charge is 0.264 e. The van der Waals surface area contributed by atoms with Gasteiger partial charge in [-0.25, -0.2) is 13.9 Å². The van der Waals surface area contributed by atoms with Gasteiger partial charge in [0, 0.05) is 16.8 Å². The highest BCUT2D eigenvalue weighted by Gasteiger charge is 2.43. The molecular weight excluding hydrogens is 362 g/mol. The predicted molar refractivity (Wildman–Crippen MR) is 98.4 cm³/mol. The summed E-state index contributed by atoms with van der Waals surface area (Å²) < 4.78 is 22.2. The molecule has 7 heteroatoms. The van der Waals surface area contributed by atoms with Crippen LogP contribution in [-0.4, -0.2) is 30.5 Å². The number of carbonyl (C=O) groups is 1. The number of amides is 1. The van der Waals surface area contributed by atoms with Gasteiger partial charge in [-0.2, -0.15) is 0 Å². The van der Waals surface area contributed by atoms with Crippen molar-refractivity contribution in [3.05, 3.63) is 59.1 Å². The molecule has 0 radical (unpaired) electrons. The second-order valence-corrected chi connectivity index (χ2v) is 8.97. The zero-order valence-corrected chi connectivity index (χ0v) is 15.6. The van der Waals surface area contributed by atoms with Crippen molar-refractivity contribution in [3.63, 3.8) is 0 Å². The fraction of sp³-hybridized carbons (Fsp3) is 0.278. The van der Waals surface area contributed by atoms with Gasteiger partial charge < -0.3 is 0 Å². The molecule has 0 aliphatic rings. The topological polar surface area (TPSA) is 83.5 Å². The van der Waals surface area contributed by atoms with E-state index in [9.17, 15) is 13.2 Å². The summed E-state index contributed by atoms with van der Waals surface area (Å²) in [7, 11) is -3.69. The summed E-state index contributed by atoms with van der Waals surface area (Å²) in [5.74, 6) is -0.928. The van der Waals surface area contributed by atoms with Crippen LogP contribution >= 0.6 is 11.6 Å². The Morgan fingerprint density at radius 2 is 1.76 bits per heavy atom. The minimum atomic E-state index is -3.69. The van der Waals surface area contributed by atoms with Crippen molar-refractivity contribution in [2.75, 3.05) is 6.26 Å². The van der Waals surface area contributed by atoms with Gasteiger partial charge in [-0.05, 0) is 37.0 Å². The third-order valence-electron chi connectivity index (χ3n) is 4.43. The van der Waals surface area contributed by atoms with Crippen molar-refractivity contribution in [1.82, 2.24) is 5.48 Å². The second kappa shape index (κ2) is 7.56. The highest BCUT2D eigenvalue weighted by Crippen LogP contribution is 2.29. The molecule has 134 valence electrons. The van der Waals surface area contributed by atoms with Crippen LogP contribution in [0.25, 0.3) is 11.1 Å². The lowest BCUT2D eigenvalue weighted by Crippen LogP contribution is -2.49. The third-order valence-corrected chi connectivity index (χ3v) is 6.79. The van der Waals surface area contributed by atoms with Gasteiger partial charge in [-0.15, -0.1) is 0 Å². The van der Waals surface area contributed by atoms with Gasteiger partial charge in [0.05, 0.1) is 0 Å². The molecule has 0 saturated heterocycles. The summed E-state index contributed by atoms with van der Waals surface area (Å²) >= 11 is 6.19. The van der Waals surface area contributed by atoms with Crippen molar-refractivity contribution >= 4 is 27.3 Å². The van der Waals surface area contributed by atoms with E-state index in [0.717, 1.165) is 22.9 Å². The van der Waals surface area contributed by atoms with Crippen LogP contribution in [0.3, 0.4) is 0 Å². The molecule has 0 fully saturated rings. The van der Waals surface area contributed by atoms with Gasteiger partial charge in [0.15, 0.2) is 9.84 Å². The van der Waals surface area contributed by atoms with Crippen LogP contribution in [0.15, 0.2) is 48.5 Å². The third kappa shape index (κ3) is 4.21. The van der Waals surface area contributed by atoms with E-state index in [1.807, 2.05) is 48.5 Å². The lowest BCUT2D eigenvalue weighted by atomic mass is 9.97. The Labute approximate surface area is 152 Å². The summed E-state index contributed by atoms with van der Waals surface area (Å²) in [6.45, 7) is 1.31. The molecule has 0 heterocycles. The van der Waals surface area contributed by atoms with E-state index in [4.69, 9.17) is 16.8 Å². The Bertz CT molecular complexity index is 865. The first-order valence-electron chi connectivity index (χ1n) is 7.67. The molecule has 0 spiro atoms. The quantitative estimate of drug-likeness (QED) is 0.594. The lowest BCUT2D eigenvalue weighted by molar-refractivity contribution is -0.131. The Balaban J connectivity index is 2.19. The maximum Gasteiger partial charge on any atom is 0.264 e. The van der Waals surface area contributed by atoms with Gasteiger partial charge in [0.25, 0.3) is 5.91 Å². The summed E-state index contributed by atoms with van der Waals surface area (Å²) in [4.78, 5) is 11.8. The molecule has 2 aromatic rings. The minimum Gasteiger partial charge on any atom is -0.289 e. The monoisotopic (exact) mass is 381 g/mol. The molecular formula is C18H20ClNO4S. The first-order valence-corrected chi connectivity index (χ1v) is 9.94. The number of halogens is 1. The molecule has 0 saturated carbocycles. The largest absolute Gasteiger partial charge is 0.289 e. The van der Waals surface area contributed by atoms with E-state index in [0.29, 0.717) is 11.4 Å². The zero-order chi connectivity index (χ0) is 18.7. The van der Waals surface area contributed by atoms with Crippen molar-refractivity contribution in [1.29, 1.82) is 0 Å². The van der Waals surface area contributed by atoms with Crippen LogP contribution < -0.4 is 5.48 Å². The Kier molecular flexibility index (Phi) is 5.87. The number of aryl methyl sites for hydroxylation is 1. The number of hydrogen-bond donors (Lipinski definition) is 2. The summed E-state index contributed by atoms with van der Waals surface area (Å²) in [6.07, 6.45) is 1.42. The standard InChI is InChI=1S/C18H20ClNO4S/c1-18(17(21)20-22,25(2,23)24)12-11-13-7-9-14(10-8-13)15-5-3-4-6-16(15)19/h3-10,22H,11-12H2,1-2H3,(H,20,21). The predicted octanol–water partition coefficient (Wildman–Crippen LogP) is 3.25. The number of rotatable bonds is 6. The van der Waals surface area contributed by atoms with Crippen molar-refractivity contribution in [2.24, 2.45) is 0 Å². The Morgan fingerprint density at radius 1 is 1.16 bits per heavy atom. The van der Waals surface area contributed by atoms with Crippen LogP contribution in [0.1, 0.15) is 18.9 Å². The van der Waals surface area contributed by atoms with Crippen LogP contribution in [0, 0.1) is 0 Å². The molecule has 5 nitrogen and oxygen atoms in total. The van der Waals surface area contributed by atoms with Crippen molar-refractivity contribution in [3.8, 4) is 11.1 Å². The normalized spacial score (nSPS) is 13.9. The maximum atomic E-state index is 12.0. The molecule has 25 heavy (non-hydrogen) atoms. The molecule has 0 bridgehead atoms. The first kappa shape index (κ1) is 19.4. The number of hydrogen-bond acceptors (Lipinski definition) is 4. The number of hydroxylamine groups is 1. The van der Waals surface area contributed by atoms with E-state index >= 15 is 0 Å². The number of nitrogens with one attached hydrogen (secondary N) is 1. The average molecular weight is 382 g/mol. The van der Waals surface area contributed by atoms with Crippen LogP contribution in [0.2, 0.25) is 5.02 Å². The molecule has 0 aliphatic carbocycles. The highest BCUT2D eigenvalue weighted by atomic mass is 35.5. The van der Waals surface area contributed by atoms with Gasteiger partial charge >= 0.3 is 0 Å². The molecule has 1 amide bonds. The fourth-order valence-corrected chi connectivity index (χ4v) is 3.61. The van der Waals surface area contributed by atoms with E-state index in [1.54, 1.807) is 0 Å². The SMILES string of the molecule is CC(CCc1ccc(-c2ccccc2Cl)cc1)(C(=O)NO)S(C)(=O)=O. The average Bonchev–Trinajstić information content (AvgIpc) is 2.59. The van der Waals surface area contributed by atoms with Gasteiger partial charge in [0.1, 0.15) is 4.75 Å². The van der Waals surface area contributed by atoms with Crippen LogP contribution in [0.4, 0.5) is 0 Å². The van der Waals surface area contributed by atoms with Crippen LogP contribution in [0.5, 0.6) is 0 Å². The van der Waals surface area contributed by atoms with Gasteiger partial charge in [0.2, 0.25) is 0 Å². The molecule has 2 N–H and O–H groups in total. The van der Waals surface area contributed by atoms with Crippen LogP contribution in [-0.2, 0) is 21.1 Å². The van der Waals surface area contributed by atoms with Gasteiger partial charge in [-0.1, -0.05) is 54.1 Å². The zero-order valence-electron chi connectivity index (χ0n) is 14.0. The summed E-state index contributed by atoms with van der Waals surface area (Å²) in [6, 6.07) is 15.1. The van der Waals surface area contributed by atoms with E-state index < -0.39 is 20.5 Å². The number of sulfone groups is 1. The molecule has 0 aromatic heterocycles. The van der Waals surface area contributed by atoms with Crippen molar-refractivity contribution < 1.29 is 18.4 Å². The second-order valence-electron chi connectivity index (χ2n) is 6.12. The Morgan fingerprint density at radius 3 is 2.28 bits per heavy atom. The van der Waals surface area contributed by atoms with Crippen molar-refractivity contribution in [2.45, 2.75) is 24.5 Å². The summed E-state index contributed by atoms with van der Waals surface area (Å²) in [5.41, 5.74) is 4.20. The van der Waals surface area contributed by atoms with E-state index in [-0.39, 0.29) is 6.42 Å². The molecule has 1 atom stereocenters. The molecule has 1 unspecified atom stereocenters. The number of carbonyl (C=O) groups excluding carboxylic acids is 1. The van der Waals surface area contributed by atoms with E-state index in [2.05, 4.69) is 0 Å². The minimum absolute atomic E-state index is 0.0592. The highest BCUT2D eigenvalue weighted by molar-refractivity contribution is 7.92. The molecule has 0 aliphatic heterocycles. The Hall–Kier alpha value is -1.89. The van der Waals surface area contributed by atoms with E-state index in [1.165, 1.54) is 12.4 Å². The lowest BCUT2D eigenvalue weighted by Gasteiger charge is -2.25. The first-order chi connectivity index (χ1) is 11.7. The maximum absolute atomic E-state index is 12.0. The molecule has 2 rings (SSSR count). The number of benzene rings is 2. The molecule has 2 aromatic carbocycles. The van der Waals surface area contributed by atoms with Gasteiger partial charge in [-0.3, -0.25) is 10.0 Å². The fourth-order valence-electron chi connectivity index (χ4n) is 2.51. The summed E-state index contributed by atoms with van der Waals surface area (Å²) in [5, 5.41) is 9.50.